The van der Waals surface area contributed by atoms with Gasteiger partial charge in [0, 0.05) is 6.54 Å². The summed E-state index contributed by atoms with van der Waals surface area (Å²) in [6.45, 7) is 2.25. The highest BCUT2D eigenvalue weighted by molar-refractivity contribution is 6.51. The second kappa shape index (κ2) is 4.12. The van der Waals surface area contributed by atoms with E-state index in [1.165, 1.54) is 0 Å². The summed E-state index contributed by atoms with van der Waals surface area (Å²) < 4.78 is 27.4. The summed E-state index contributed by atoms with van der Waals surface area (Å²) in [5.74, 6) is -3.67. The van der Waals surface area contributed by atoms with E-state index in [9.17, 15) is 18.4 Å². The molecule has 4 nitrogen and oxygen atoms in total. The summed E-state index contributed by atoms with van der Waals surface area (Å²) in [6.07, 6.45) is 0.696. The summed E-state index contributed by atoms with van der Waals surface area (Å²) >= 11 is 0. The molecule has 1 heterocycles. The van der Waals surface area contributed by atoms with Gasteiger partial charge in [-0.3, -0.25) is 9.59 Å². The Labute approximate surface area is 96.0 Å². The van der Waals surface area contributed by atoms with Crippen molar-refractivity contribution in [1.29, 1.82) is 0 Å². The molecule has 90 valence electrons. The number of ketones is 1. The van der Waals surface area contributed by atoms with Gasteiger partial charge in [0.25, 0.3) is 11.7 Å². The number of anilines is 2. The third-order valence-corrected chi connectivity index (χ3v) is 2.46. The van der Waals surface area contributed by atoms with E-state index in [0.717, 1.165) is 6.07 Å². The molecule has 0 fully saturated rings. The molecule has 1 amide bonds. The predicted octanol–water partition coefficient (Wildman–Crippen LogP) is 1.92. The first-order valence-electron chi connectivity index (χ1n) is 5.17. The van der Waals surface area contributed by atoms with Gasteiger partial charge in [-0.2, -0.15) is 0 Å². The van der Waals surface area contributed by atoms with Crippen LogP contribution in [-0.4, -0.2) is 18.2 Å². The second-order valence-electron chi connectivity index (χ2n) is 3.68. The fourth-order valence-corrected chi connectivity index (χ4v) is 1.63. The van der Waals surface area contributed by atoms with E-state index in [-0.39, 0.29) is 16.9 Å². The first-order chi connectivity index (χ1) is 8.06. The van der Waals surface area contributed by atoms with Crippen LogP contribution in [0.15, 0.2) is 6.07 Å². The Kier molecular flexibility index (Phi) is 2.79. The molecule has 0 atom stereocenters. The van der Waals surface area contributed by atoms with Gasteiger partial charge >= 0.3 is 0 Å². The van der Waals surface area contributed by atoms with Crippen LogP contribution in [0.25, 0.3) is 0 Å². The number of carbonyl (C=O) groups excluding carboxylic acids is 2. The largest absolute Gasteiger partial charge is 0.380 e. The first-order valence-corrected chi connectivity index (χ1v) is 5.17. The van der Waals surface area contributed by atoms with Crippen molar-refractivity contribution >= 4 is 23.1 Å². The number of halogens is 2. The van der Waals surface area contributed by atoms with E-state index in [4.69, 9.17) is 0 Å². The summed E-state index contributed by atoms with van der Waals surface area (Å²) in [4.78, 5) is 22.3. The lowest BCUT2D eigenvalue weighted by Crippen LogP contribution is -2.12. The van der Waals surface area contributed by atoms with Gasteiger partial charge in [-0.15, -0.1) is 0 Å². The lowest BCUT2D eigenvalue weighted by Gasteiger charge is -2.10. The monoisotopic (exact) mass is 240 g/mol. The number of hydrogen-bond donors (Lipinski definition) is 2. The van der Waals surface area contributed by atoms with Crippen LogP contribution in [0.3, 0.4) is 0 Å². The van der Waals surface area contributed by atoms with E-state index in [1.54, 1.807) is 0 Å². The molecule has 1 aliphatic heterocycles. The Morgan fingerprint density at radius 3 is 2.71 bits per heavy atom. The number of rotatable bonds is 3. The zero-order chi connectivity index (χ0) is 12.6. The molecule has 0 aliphatic carbocycles. The van der Waals surface area contributed by atoms with Crippen molar-refractivity contribution in [2.75, 3.05) is 17.2 Å². The van der Waals surface area contributed by atoms with E-state index < -0.39 is 23.3 Å². The standard InChI is InChI=1S/C11H10F2N2O2/c1-2-3-14-9-6(12)4-5-8(7(9)13)15-11(17)10(5)16/h4,14H,2-3H2,1H3,(H,15,16,17). The molecule has 1 aromatic carbocycles. The van der Waals surface area contributed by atoms with Crippen molar-refractivity contribution in [3.63, 3.8) is 0 Å². The molecule has 6 heteroatoms. The maximum absolute atomic E-state index is 13.8. The van der Waals surface area contributed by atoms with Crippen molar-refractivity contribution < 1.29 is 18.4 Å². The smallest absolute Gasteiger partial charge is 0.296 e. The fourth-order valence-electron chi connectivity index (χ4n) is 1.63. The van der Waals surface area contributed by atoms with Gasteiger partial charge in [-0.25, -0.2) is 8.78 Å². The molecule has 0 bridgehead atoms. The molecular weight excluding hydrogens is 230 g/mol. The SMILES string of the molecule is CCCNc1c(F)cc2c(c1F)NC(=O)C2=O. The van der Waals surface area contributed by atoms with Crippen LogP contribution >= 0.6 is 0 Å². The topological polar surface area (TPSA) is 58.2 Å². The lowest BCUT2D eigenvalue weighted by atomic mass is 10.1. The quantitative estimate of drug-likeness (QED) is 0.793. The molecule has 0 unspecified atom stereocenters. The molecule has 17 heavy (non-hydrogen) atoms. The zero-order valence-electron chi connectivity index (χ0n) is 9.06. The number of hydrogen-bond acceptors (Lipinski definition) is 3. The molecule has 2 N–H and O–H groups in total. The summed E-state index contributed by atoms with van der Waals surface area (Å²) in [5, 5.41) is 4.67. The molecule has 0 radical (unpaired) electrons. The first kappa shape index (κ1) is 11.5. The number of amides is 1. The minimum atomic E-state index is -0.939. The number of Topliss-reactive ketones (excluding diaryl/α,β-unsaturated/α-hetero) is 1. The second-order valence-corrected chi connectivity index (χ2v) is 3.68. The van der Waals surface area contributed by atoms with Crippen LogP contribution in [0.1, 0.15) is 23.7 Å². The highest BCUT2D eigenvalue weighted by atomic mass is 19.1. The van der Waals surface area contributed by atoms with Gasteiger partial charge < -0.3 is 10.6 Å². The Morgan fingerprint density at radius 2 is 2.06 bits per heavy atom. The van der Waals surface area contributed by atoms with Crippen LogP contribution < -0.4 is 10.6 Å². The highest BCUT2D eigenvalue weighted by Crippen LogP contribution is 2.33. The van der Waals surface area contributed by atoms with Crippen molar-refractivity contribution in [1.82, 2.24) is 0 Å². The van der Waals surface area contributed by atoms with Gasteiger partial charge in [-0.05, 0) is 12.5 Å². The predicted molar refractivity (Wildman–Crippen MR) is 58.1 cm³/mol. The maximum atomic E-state index is 13.8. The Bertz CT molecular complexity index is 515. The number of benzene rings is 1. The van der Waals surface area contributed by atoms with Gasteiger partial charge in [0.2, 0.25) is 0 Å². The van der Waals surface area contributed by atoms with E-state index >= 15 is 0 Å². The molecule has 0 saturated carbocycles. The van der Waals surface area contributed by atoms with Crippen molar-refractivity contribution in [3.05, 3.63) is 23.3 Å². The number of nitrogens with one attached hydrogen (secondary N) is 2. The normalized spacial score (nSPS) is 13.6. The highest BCUT2D eigenvalue weighted by Gasteiger charge is 2.33. The van der Waals surface area contributed by atoms with Crippen LogP contribution in [0.4, 0.5) is 20.2 Å². The molecule has 2 rings (SSSR count). The Morgan fingerprint density at radius 1 is 1.35 bits per heavy atom. The molecule has 1 aromatic rings. The van der Waals surface area contributed by atoms with Gasteiger partial charge in [0.15, 0.2) is 5.82 Å². The van der Waals surface area contributed by atoms with E-state index in [0.29, 0.717) is 13.0 Å². The lowest BCUT2D eigenvalue weighted by molar-refractivity contribution is -0.112. The van der Waals surface area contributed by atoms with Gasteiger partial charge in [-0.1, -0.05) is 6.92 Å². The maximum Gasteiger partial charge on any atom is 0.296 e. The summed E-state index contributed by atoms with van der Waals surface area (Å²) in [6, 6.07) is 0.872. The van der Waals surface area contributed by atoms with E-state index in [2.05, 4.69) is 10.6 Å². The average molecular weight is 240 g/mol. The van der Waals surface area contributed by atoms with Crippen LogP contribution in [0.2, 0.25) is 0 Å². The number of carbonyl (C=O) groups is 2. The van der Waals surface area contributed by atoms with Crippen LogP contribution in [0, 0.1) is 11.6 Å². The third kappa shape index (κ3) is 1.75. The summed E-state index contributed by atoms with van der Waals surface area (Å²) in [7, 11) is 0. The minimum absolute atomic E-state index is 0.250. The number of fused-ring (bicyclic) bond motifs is 1. The fraction of sp³-hybridized carbons (Fsp3) is 0.273. The van der Waals surface area contributed by atoms with Gasteiger partial charge in [0.1, 0.15) is 11.5 Å². The molecule has 0 aromatic heterocycles. The summed E-state index contributed by atoms with van der Waals surface area (Å²) in [5.41, 5.74) is -0.826. The molecular formula is C11H10F2N2O2. The van der Waals surface area contributed by atoms with Crippen molar-refractivity contribution in [2.24, 2.45) is 0 Å². The van der Waals surface area contributed by atoms with Crippen LogP contribution in [-0.2, 0) is 4.79 Å². The van der Waals surface area contributed by atoms with E-state index in [1.807, 2.05) is 6.92 Å². The Hall–Kier alpha value is -1.98. The van der Waals surface area contributed by atoms with Crippen molar-refractivity contribution in [2.45, 2.75) is 13.3 Å². The zero-order valence-corrected chi connectivity index (χ0v) is 9.06. The third-order valence-electron chi connectivity index (χ3n) is 2.46. The molecule has 0 saturated heterocycles. The molecule has 0 spiro atoms. The van der Waals surface area contributed by atoms with Crippen LogP contribution in [0.5, 0.6) is 0 Å². The van der Waals surface area contributed by atoms with Crippen molar-refractivity contribution in [3.8, 4) is 0 Å². The Balaban J connectivity index is 2.50. The minimum Gasteiger partial charge on any atom is -0.380 e. The molecule has 1 aliphatic rings. The average Bonchev–Trinajstić information content (AvgIpc) is 2.57. The van der Waals surface area contributed by atoms with Gasteiger partial charge in [0.05, 0.1) is 11.3 Å².